The van der Waals surface area contributed by atoms with Gasteiger partial charge in [-0.2, -0.15) is 5.10 Å². The summed E-state index contributed by atoms with van der Waals surface area (Å²) in [7, 11) is 1.54. The molecule has 2 aromatic rings. The third-order valence-electron chi connectivity index (χ3n) is 2.19. The zero-order chi connectivity index (χ0) is 12.3. The van der Waals surface area contributed by atoms with Gasteiger partial charge in [0.25, 0.3) is 5.91 Å². The first-order valence-electron chi connectivity index (χ1n) is 4.93. The number of nitrogens with zero attached hydrogens (tertiary/aromatic N) is 3. The van der Waals surface area contributed by atoms with Gasteiger partial charge in [0.15, 0.2) is 12.0 Å². The molecule has 6 heteroatoms. The van der Waals surface area contributed by atoms with E-state index >= 15 is 0 Å². The number of hydrogen-bond acceptors (Lipinski definition) is 4. The van der Waals surface area contributed by atoms with Crippen LogP contribution < -0.4 is 5.32 Å². The number of carbonyl (C=O) groups excluding carboxylic acids is 2. The average Bonchev–Trinajstić information content (AvgIpc) is 2.87. The van der Waals surface area contributed by atoms with Crippen LogP contribution in [0.5, 0.6) is 0 Å². The Labute approximate surface area is 97.3 Å². The number of amides is 1. The van der Waals surface area contributed by atoms with Crippen molar-refractivity contribution in [3.05, 3.63) is 42.0 Å². The molecule has 0 aromatic carbocycles. The predicted molar refractivity (Wildman–Crippen MR) is 60.1 cm³/mol. The maximum atomic E-state index is 11.3. The maximum absolute atomic E-state index is 11.3. The number of hydrogen-bond donors (Lipinski definition) is 1. The number of carbonyl (C=O) groups is 2. The zero-order valence-electron chi connectivity index (χ0n) is 9.12. The Balaban J connectivity index is 2.36. The highest BCUT2D eigenvalue weighted by molar-refractivity contribution is 5.91. The third-order valence-corrected chi connectivity index (χ3v) is 2.19. The van der Waals surface area contributed by atoms with E-state index in [4.69, 9.17) is 0 Å². The Morgan fingerprint density at radius 2 is 2.29 bits per heavy atom. The van der Waals surface area contributed by atoms with Gasteiger partial charge in [-0.05, 0) is 12.1 Å². The lowest BCUT2D eigenvalue weighted by molar-refractivity contribution is 0.0957. The minimum Gasteiger partial charge on any atom is -0.354 e. The predicted octanol–water partition coefficient (Wildman–Crippen LogP) is 0.439. The SMILES string of the molecule is CNC(=O)c1ccn(-c2cncc(C=O)c2)n1. The van der Waals surface area contributed by atoms with Gasteiger partial charge in [0.05, 0.1) is 11.9 Å². The molecule has 0 radical (unpaired) electrons. The summed E-state index contributed by atoms with van der Waals surface area (Å²) in [5.74, 6) is -0.261. The van der Waals surface area contributed by atoms with Gasteiger partial charge in [-0.1, -0.05) is 0 Å². The highest BCUT2D eigenvalue weighted by atomic mass is 16.1. The average molecular weight is 230 g/mol. The first-order valence-corrected chi connectivity index (χ1v) is 4.93. The molecule has 0 aliphatic rings. The number of pyridine rings is 1. The molecular formula is C11H10N4O2. The highest BCUT2D eigenvalue weighted by Crippen LogP contribution is 2.07. The number of aromatic nitrogens is 3. The molecule has 0 aliphatic heterocycles. The third kappa shape index (κ3) is 2.20. The lowest BCUT2D eigenvalue weighted by Crippen LogP contribution is -2.18. The molecule has 2 rings (SSSR count). The van der Waals surface area contributed by atoms with Crippen LogP contribution in [0, 0.1) is 0 Å². The molecule has 2 heterocycles. The van der Waals surface area contributed by atoms with Gasteiger partial charge < -0.3 is 5.32 Å². The molecule has 0 saturated heterocycles. The normalized spacial score (nSPS) is 9.94. The Morgan fingerprint density at radius 1 is 1.47 bits per heavy atom. The molecule has 2 aromatic heterocycles. The van der Waals surface area contributed by atoms with E-state index in [1.165, 1.54) is 17.9 Å². The minimum atomic E-state index is -0.261. The first-order chi connectivity index (χ1) is 8.24. The summed E-state index contributed by atoms with van der Waals surface area (Å²) in [6.45, 7) is 0. The van der Waals surface area contributed by atoms with E-state index in [-0.39, 0.29) is 5.91 Å². The molecule has 0 aliphatic carbocycles. The largest absolute Gasteiger partial charge is 0.354 e. The van der Waals surface area contributed by atoms with Gasteiger partial charge in [-0.15, -0.1) is 0 Å². The Kier molecular flexibility index (Phi) is 2.95. The monoisotopic (exact) mass is 230 g/mol. The topological polar surface area (TPSA) is 76.9 Å². The lowest BCUT2D eigenvalue weighted by Gasteiger charge is -2.00. The van der Waals surface area contributed by atoms with Crippen molar-refractivity contribution >= 4 is 12.2 Å². The van der Waals surface area contributed by atoms with Gasteiger partial charge >= 0.3 is 0 Å². The standard InChI is InChI=1S/C11H10N4O2/c1-12-11(17)10-2-3-15(14-10)9-4-8(7-16)5-13-6-9/h2-7H,1H3,(H,12,17). The first kappa shape index (κ1) is 11.0. The second-order valence-electron chi connectivity index (χ2n) is 3.32. The van der Waals surface area contributed by atoms with E-state index < -0.39 is 0 Å². The van der Waals surface area contributed by atoms with E-state index in [0.29, 0.717) is 23.2 Å². The summed E-state index contributed by atoms with van der Waals surface area (Å²) in [4.78, 5) is 25.9. The molecule has 0 fully saturated rings. The molecule has 86 valence electrons. The summed E-state index contributed by atoms with van der Waals surface area (Å²) < 4.78 is 1.49. The van der Waals surface area contributed by atoms with E-state index in [2.05, 4.69) is 15.4 Å². The molecule has 0 saturated carbocycles. The van der Waals surface area contributed by atoms with Gasteiger partial charge in [-0.3, -0.25) is 14.6 Å². The molecule has 6 nitrogen and oxygen atoms in total. The van der Waals surface area contributed by atoms with Crippen molar-refractivity contribution in [3.8, 4) is 5.69 Å². The van der Waals surface area contributed by atoms with Crippen LogP contribution in [-0.4, -0.2) is 34.0 Å². The van der Waals surface area contributed by atoms with Crippen molar-refractivity contribution < 1.29 is 9.59 Å². The van der Waals surface area contributed by atoms with Crippen molar-refractivity contribution in [1.82, 2.24) is 20.1 Å². The van der Waals surface area contributed by atoms with Crippen LogP contribution in [0.4, 0.5) is 0 Å². The smallest absolute Gasteiger partial charge is 0.271 e. The maximum Gasteiger partial charge on any atom is 0.271 e. The van der Waals surface area contributed by atoms with E-state index in [1.54, 1.807) is 24.5 Å². The summed E-state index contributed by atoms with van der Waals surface area (Å²) in [6, 6.07) is 3.23. The van der Waals surface area contributed by atoms with Crippen LogP contribution in [0.15, 0.2) is 30.7 Å². The Hall–Kier alpha value is -2.50. The summed E-state index contributed by atoms with van der Waals surface area (Å²) in [6.07, 6.45) is 5.36. The van der Waals surface area contributed by atoms with Crippen molar-refractivity contribution in [1.29, 1.82) is 0 Å². The molecule has 1 N–H and O–H groups in total. The van der Waals surface area contributed by atoms with Gasteiger partial charge in [0.1, 0.15) is 0 Å². The van der Waals surface area contributed by atoms with Gasteiger partial charge in [-0.25, -0.2) is 4.68 Å². The Morgan fingerprint density at radius 3 is 3.00 bits per heavy atom. The van der Waals surface area contributed by atoms with Crippen molar-refractivity contribution in [2.24, 2.45) is 0 Å². The minimum absolute atomic E-state index is 0.261. The fraction of sp³-hybridized carbons (Fsp3) is 0.0909. The molecule has 17 heavy (non-hydrogen) atoms. The van der Waals surface area contributed by atoms with Crippen LogP contribution in [-0.2, 0) is 0 Å². The van der Waals surface area contributed by atoms with Crippen LogP contribution in [0.25, 0.3) is 5.69 Å². The second-order valence-corrected chi connectivity index (χ2v) is 3.32. The molecule has 0 atom stereocenters. The molecule has 0 bridgehead atoms. The van der Waals surface area contributed by atoms with Crippen molar-refractivity contribution in [3.63, 3.8) is 0 Å². The molecule has 1 amide bonds. The fourth-order valence-corrected chi connectivity index (χ4v) is 1.35. The molecule has 0 spiro atoms. The van der Waals surface area contributed by atoms with Gasteiger partial charge in [0, 0.05) is 25.0 Å². The van der Waals surface area contributed by atoms with Crippen molar-refractivity contribution in [2.45, 2.75) is 0 Å². The van der Waals surface area contributed by atoms with Crippen LogP contribution in [0.2, 0.25) is 0 Å². The Bertz CT molecular complexity index is 562. The van der Waals surface area contributed by atoms with Crippen LogP contribution in [0.3, 0.4) is 0 Å². The van der Waals surface area contributed by atoms with E-state index in [9.17, 15) is 9.59 Å². The van der Waals surface area contributed by atoms with Crippen molar-refractivity contribution in [2.75, 3.05) is 7.05 Å². The summed E-state index contributed by atoms with van der Waals surface area (Å²) >= 11 is 0. The van der Waals surface area contributed by atoms with Gasteiger partial charge in [0.2, 0.25) is 0 Å². The van der Waals surface area contributed by atoms with Crippen LogP contribution in [0.1, 0.15) is 20.8 Å². The lowest BCUT2D eigenvalue weighted by atomic mass is 10.3. The molecule has 0 unspecified atom stereocenters. The number of nitrogens with one attached hydrogen (secondary N) is 1. The zero-order valence-corrected chi connectivity index (χ0v) is 9.12. The van der Waals surface area contributed by atoms with E-state index in [1.807, 2.05) is 0 Å². The number of rotatable bonds is 3. The second kappa shape index (κ2) is 4.56. The van der Waals surface area contributed by atoms with E-state index in [0.717, 1.165) is 0 Å². The fourth-order valence-electron chi connectivity index (χ4n) is 1.35. The quantitative estimate of drug-likeness (QED) is 0.776. The van der Waals surface area contributed by atoms with Crippen LogP contribution >= 0.6 is 0 Å². The highest BCUT2D eigenvalue weighted by Gasteiger charge is 2.08. The summed E-state index contributed by atoms with van der Waals surface area (Å²) in [5, 5.41) is 6.56. The molecular weight excluding hydrogens is 220 g/mol. The number of aldehydes is 1. The summed E-state index contributed by atoms with van der Waals surface area (Å²) in [5.41, 5.74) is 1.40.